The number of thioether (sulfide) groups is 1. The van der Waals surface area contributed by atoms with Crippen LogP contribution in [0.4, 0.5) is 27.6 Å². The number of methoxy groups -OCH3 is 1. The van der Waals surface area contributed by atoms with Crippen molar-refractivity contribution in [2.45, 2.75) is 36.1 Å². The monoisotopic (exact) mass is 504 g/mol. The maximum absolute atomic E-state index is 13.5. The Balaban J connectivity index is 2.25. The van der Waals surface area contributed by atoms with E-state index >= 15 is 0 Å². The molecular weight excluding hydrogens is 479 g/mol. The molecule has 1 heterocycles. The van der Waals surface area contributed by atoms with E-state index in [9.17, 15) is 26.7 Å². The standard InChI is InChI=1S/C23H25F5N2O3S/c1-29-9-5-8-22(13-29,15-6-4-7-17(10-15)33-21(24)25)30(14-31)20-18(32-2)11-16(23(26,27)28)12-19(20)34-3/h4,6-7,10-12,14,21H,5,8-9,13H2,1-3H3. The summed E-state index contributed by atoms with van der Waals surface area (Å²) in [7, 11) is 3.10. The van der Waals surface area contributed by atoms with Crippen molar-refractivity contribution in [3.8, 4) is 11.5 Å². The number of ether oxygens (including phenoxy) is 2. The molecule has 0 bridgehead atoms. The van der Waals surface area contributed by atoms with Crippen LogP contribution in [0.15, 0.2) is 41.3 Å². The fraction of sp³-hybridized carbons (Fsp3) is 0.435. The Hall–Kier alpha value is -2.53. The summed E-state index contributed by atoms with van der Waals surface area (Å²) in [6.07, 6.45) is -1.32. The maximum atomic E-state index is 13.5. The first-order valence-corrected chi connectivity index (χ1v) is 11.6. The maximum Gasteiger partial charge on any atom is 0.416 e. The SMILES string of the molecule is COc1cc(C(F)(F)F)cc(SC)c1N(C=O)C1(c2cccc(OC(F)F)c2)CCCN(C)C1. The number of alkyl halides is 5. The third-order valence-corrected chi connectivity index (χ3v) is 6.62. The number of anilines is 1. The molecule has 0 radical (unpaired) electrons. The second-order valence-electron chi connectivity index (χ2n) is 7.98. The molecule has 0 aromatic heterocycles. The summed E-state index contributed by atoms with van der Waals surface area (Å²) in [4.78, 5) is 16.2. The lowest BCUT2D eigenvalue weighted by Crippen LogP contribution is -2.55. The van der Waals surface area contributed by atoms with Crippen LogP contribution in [0.3, 0.4) is 0 Å². The van der Waals surface area contributed by atoms with Gasteiger partial charge in [0.15, 0.2) is 0 Å². The van der Waals surface area contributed by atoms with E-state index in [4.69, 9.17) is 4.74 Å². The summed E-state index contributed by atoms with van der Waals surface area (Å²) in [5, 5.41) is 0. The molecule has 1 aliphatic heterocycles. The van der Waals surface area contributed by atoms with Gasteiger partial charge in [0.2, 0.25) is 6.41 Å². The molecule has 1 amide bonds. The van der Waals surface area contributed by atoms with Gasteiger partial charge in [-0.25, -0.2) is 0 Å². The van der Waals surface area contributed by atoms with E-state index in [0.29, 0.717) is 31.4 Å². The predicted octanol–water partition coefficient (Wildman–Crippen LogP) is 5.62. The highest BCUT2D eigenvalue weighted by Crippen LogP contribution is 2.48. The summed E-state index contributed by atoms with van der Waals surface area (Å²) in [6, 6.07) is 7.91. The molecule has 0 spiro atoms. The molecule has 0 saturated carbocycles. The highest BCUT2D eigenvalue weighted by molar-refractivity contribution is 7.98. The van der Waals surface area contributed by atoms with Crippen molar-refractivity contribution in [2.24, 2.45) is 0 Å². The van der Waals surface area contributed by atoms with Gasteiger partial charge in [0.1, 0.15) is 17.2 Å². The van der Waals surface area contributed by atoms with Crippen molar-refractivity contribution >= 4 is 23.9 Å². The number of halogens is 5. The molecule has 3 rings (SSSR count). The fourth-order valence-electron chi connectivity index (χ4n) is 4.44. The number of rotatable bonds is 8. The summed E-state index contributed by atoms with van der Waals surface area (Å²) in [5.74, 6) is -0.186. The number of hydrogen-bond donors (Lipinski definition) is 0. The van der Waals surface area contributed by atoms with Gasteiger partial charge in [-0.2, -0.15) is 22.0 Å². The van der Waals surface area contributed by atoms with Gasteiger partial charge in [-0.1, -0.05) is 12.1 Å². The van der Waals surface area contributed by atoms with Gasteiger partial charge in [0, 0.05) is 11.4 Å². The van der Waals surface area contributed by atoms with E-state index in [2.05, 4.69) is 4.74 Å². The lowest BCUT2D eigenvalue weighted by atomic mass is 9.80. The summed E-state index contributed by atoms with van der Waals surface area (Å²) >= 11 is 1.05. The lowest BCUT2D eigenvalue weighted by molar-refractivity contribution is -0.137. The third-order valence-electron chi connectivity index (χ3n) is 5.87. The fourth-order valence-corrected chi connectivity index (χ4v) is 5.08. The van der Waals surface area contributed by atoms with Crippen LogP contribution in [0.5, 0.6) is 11.5 Å². The van der Waals surface area contributed by atoms with Crippen molar-refractivity contribution in [2.75, 3.05) is 38.4 Å². The molecule has 1 fully saturated rings. The smallest absolute Gasteiger partial charge is 0.416 e. The van der Waals surface area contributed by atoms with Gasteiger partial charge in [-0.3, -0.25) is 9.69 Å². The molecule has 1 saturated heterocycles. The molecule has 0 aliphatic carbocycles. The summed E-state index contributed by atoms with van der Waals surface area (Å²) in [6.45, 7) is -1.97. The van der Waals surface area contributed by atoms with Gasteiger partial charge >= 0.3 is 12.8 Å². The topological polar surface area (TPSA) is 42.0 Å². The van der Waals surface area contributed by atoms with Gasteiger partial charge in [0.05, 0.1) is 18.2 Å². The van der Waals surface area contributed by atoms with E-state index in [1.165, 1.54) is 24.1 Å². The number of hydrogen-bond acceptors (Lipinski definition) is 5. The van der Waals surface area contributed by atoms with E-state index in [1.807, 2.05) is 11.9 Å². The third kappa shape index (κ3) is 5.25. The second-order valence-corrected chi connectivity index (χ2v) is 8.83. The molecule has 1 aliphatic rings. The van der Waals surface area contributed by atoms with Crippen molar-refractivity contribution in [3.05, 3.63) is 47.5 Å². The Labute approximate surface area is 198 Å². The minimum atomic E-state index is -4.61. The summed E-state index contributed by atoms with van der Waals surface area (Å²) < 4.78 is 76.1. The first-order valence-electron chi connectivity index (χ1n) is 10.4. The van der Waals surface area contributed by atoms with Crippen LogP contribution < -0.4 is 14.4 Å². The van der Waals surface area contributed by atoms with Crippen molar-refractivity contribution in [1.82, 2.24) is 4.90 Å². The van der Waals surface area contributed by atoms with Gasteiger partial charge < -0.3 is 14.4 Å². The average molecular weight is 505 g/mol. The van der Waals surface area contributed by atoms with Crippen molar-refractivity contribution < 1.29 is 36.2 Å². The molecule has 1 atom stereocenters. The molecule has 2 aromatic carbocycles. The Morgan fingerprint density at radius 1 is 1.24 bits per heavy atom. The van der Waals surface area contributed by atoms with Crippen molar-refractivity contribution in [1.29, 1.82) is 0 Å². The highest BCUT2D eigenvalue weighted by Gasteiger charge is 2.44. The van der Waals surface area contributed by atoms with Crippen molar-refractivity contribution in [3.63, 3.8) is 0 Å². The number of likely N-dealkylation sites (tertiary alicyclic amines) is 1. The van der Waals surface area contributed by atoms with Crippen LogP contribution in [0.1, 0.15) is 24.0 Å². The van der Waals surface area contributed by atoms with Crippen LogP contribution in [0.2, 0.25) is 0 Å². The van der Waals surface area contributed by atoms with Gasteiger partial charge in [0.25, 0.3) is 0 Å². The number of benzene rings is 2. The number of amides is 1. The lowest BCUT2D eigenvalue weighted by Gasteiger charge is -2.48. The van der Waals surface area contributed by atoms with E-state index < -0.39 is 23.9 Å². The number of likely N-dealkylation sites (N-methyl/N-ethyl adjacent to an activating group) is 1. The zero-order valence-electron chi connectivity index (χ0n) is 18.9. The Morgan fingerprint density at radius 3 is 2.53 bits per heavy atom. The molecule has 1 unspecified atom stereocenters. The minimum absolute atomic E-state index is 0.0737. The Bertz CT molecular complexity index is 995. The van der Waals surface area contributed by atoms with Crippen LogP contribution >= 0.6 is 11.8 Å². The predicted molar refractivity (Wildman–Crippen MR) is 120 cm³/mol. The molecule has 11 heteroatoms. The summed E-state index contributed by atoms with van der Waals surface area (Å²) in [5.41, 5.74) is -1.24. The van der Waals surface area contributed by atoms with Gasteiger partial charge in [-0.15, -0.1) is 11.8 Å². The quantitative estimate of drug-likeness (QED) is 0.265. The van der Waals surface area contributed by atoms with E-state index in [1.54, 1.807) is 18.4 Å². The first-order chi connectivity index (χ1) is 16.1. The number of piperidine rings is 1. The first kappa shape index (κ1) is 26.1. The molecule has 186 valence electrons. The zero-order chi connectivity index (χ0) is 25.1. The molecule has 34 heavy (non-hydrogen) atoms. The van der Waals surface area contributed by atoms with E-state index in [-0.39, 0.29) is 22.1 Å². The number of nitrogens with zero attached hydrogens (tertiary/aromatic N) is 2. The minimum Gasteiger partial charge on any atom is -0.495 e. The van der Waals surface area contributed by atoms with Crippen LogP contribution in [-0.2, 0) is 16.5 Å². The van der Waals surface area contributed by atoms with E-state index in [0.717, 1.165) is 30.4 Å². The molecule has 2 aromatic rings. The molecule has 0 N–H and O–H groups in total. The normalized spacial score (nSPS) is 19.2. The largest absolute Gasteiger partial charge is 0.495 e. The second kappa shape index (κ2) is 10.4. The zero-order valence-corrected chi connectivity index (χ0v) is 19.7. The van der Waals surface area contributed by atoms with Crippen LogP contribution in [0, 0.1) is 0 Å². The Morgan fingerprint density at radius 2 is 1.97 bits per heavy atom. The molecule has 5 nitrogen and oxygen atoms in total. The highest BCUT2D eigenvalue weighted by atomic mass is 32.2. The number of carbonyl (C=O) groups is 1. The van der Waals surface area contributed by atoms with Gasteiger partial charge in [-0.05, 0) is 62.5 Å². The van der Waals surface area contributed by atoms with Crippen LogP contribution in [0.25, 0.3) is 0 Å². The number of carbonyl (C=O) groups excluding carboxylic acids is 1. The molecular formula is C23H25F5N2O3S. The average Bonchev–Trinajstić information content (AvgIpc) is 2.78. The Kier molecular flexibility index (Phi) is 7.97. The van der Waals surface area contributed by atoms with Crippen LogP contribution in [-0.4, -0.2) is 51.4 Å².